The van der Waals surface area contributed by atoms with Gasteiger partial charge in [-0.1, -0.05) is 11.6 Å². The van der Waals surface area contributed by atoms with E-state index in [0.717, 1.165) is 0 Å². The summed E-state index contributed by atoms with van der Waals surface area (Å²) >= 11 is 9.43. The van der Waals surface area contributed by atoms with Gasteiger partial charge in [0.25, 0.3) is 5.91 Å². The van der Waals surface area contributed by atoms with Crippen LogP contribution in [0.3, 0.4) is 0 Å². The molecule has 0 radical (unpaired) electrons. The van der Waals surface area contributed by atoms with E-state index in [2.05, 4.69) is 31.3 Å². The predicted molar refractivity (Wildman–Crippen MR) is 90.2 cm³/mol. The molecule has 2 aromatic heterocycles. The average Bonchev–Trinajstić information content (AvgIpc) is 3.08. The van der Waals surface area contributed by atoms with Crippen LogP contribution in [0.1, 0.15) is 21.9 Å². The molecular formula is C15H12BrClN4O2. The van der Waals surface area contributed by atoms with Crippen LogP contribution in [0.15, 0.2) is 39.7 Å². The lowest BCUT2D eigenvalue weighted by atomic mass is 10.2. The molecule has 1 N–H and O–H groups in total. The van der Waals surface area contributed by atoms with E-state index in [1.165, 1.54) is 6.33 Å². The Morgan fingerprint density at radius 1 is 1.35 bits per heavy atom. The number of aromatic nitrogens is 3. The third kappa shape index (κ3) is 3.02. The molecule has 3 aromatic rings. The lowest BCUT2D eigenvalue weighted by Gasteiger charge is -2.11. The fourth-order valence-corrected chi connectivity index (χ4v) is 2.95. The highest BCUT2D eigenvalue weighted by atomic mass is 79.9. The first-order chi connectivity index (χ1) is 11.0. The number of halogens is 2. The van der Waals surface area contributed by atoms with Gasteiger partial charge in [0.1, 0.15) is 24.2 Å². The molecule has 0 aliphatic carbocycles. The van der Waals surface area contributed by atoms with Gasteiger partial charge in [-0.25, -0.2) is 9.67 Å². The summed E-state index contributed by atoms with van der Waals surface area (Å²) in [6.45, 7) is 3.52. The topological polar surface area (TPSA) is 73.0 Å². The van der Waals surface area contributed by atoms with Crippen molar-refractivity contribution in [3.63, 3.8) is 0 Å². The molecule has 6 nitrogen and oxygen atoms in total. The number of amides is 1. The fraction of sp³-hybridized carbons (Fsp3) is 0.133. The molecule has 2 heterocycles. The molecule has 0 saturated heterocycles. The first kappa shape index (κ1) is 15.8. The van der Waals surface area contributed by atoms with E-state index in [-0.39, 0.29) is 5.91 Å². The van der Waals surface area contributed by atoms with Gasteiger partial charge in [0.05, 0.1) is 21.4 Å². The molecule has 0 spiro atoms. The minimum atomic E-state index is -0.296. The molecule has 23 heavy (non-hydrogen) atoms. The third-order valence-electron chi connectivity index (χ3n) is 3.29. The van der Waals surface area contributed by atoms with Crippen LogP contribution in [0.25, 0.3) is 5.69 Å². The van der Waals surface area contributed by atoms with Crippen molar-refractivity contribution >= 4 is 39.1 Å². The van der Waals surface area contributed by atoms with Crippen LogP contribution in [0.2, 0.25) is 5.02 Å². The molecular weight excluding hydrogens is 384 g/mol. The molecule has 0 saturated carbocycles. The maximum Gasteiger partial charge on any atom is 0.260 e. The molecule has 3 rings (SSSR count). The first-order valence-corrected chi connectivity index (χ1v) is 7.86. The van der Waals surface area contributed by atoms with Crippen molar-refractivity contribution in [1.29, 1.82) is 0 Å². The number of nitrogens with one attached hydrogen (secondary N) is 1. The zero-order chi connectivity index (χ0) is 16.6. The van der Waals surface area contributed by atoms with Crippen molar-refractivity contribution < 1.29 is 9.21 Å². The number of anilines is 1. The van der Waals surface area contributed by atoms with E-state index in [1.54, 1.807) is 43.1 Å². The molecule has 0 fully saturated rings. The van der Waals surface area contributed by atoms with Crippen molar-refractivity contribution in [1.82, 2.24) is 14.8 Å². The second kappa shape index (κ2) is 6.17. The maximum atomic E-state index is 12.6. The Kier molecular flexibility index (Phi) is 4.23. The zero-order valence-electron chi connectivity index (χ0n) is 12.3. The SMILES string of the molecule is Cc1oc(C)c(C(=O)Nc2cc(Cl)ccc2-n2cncn2)c1Br. The largest absolute Gasteiger partial charge is 0.465 e. The Morgan fingerprint density at radius 3 is 2.74 bits per heavy atom. The molecule has 0 atom stereocenters. The van der Waals surface area contributed by atoms with E-state index >= 15 is 0 Å². The van der Waals surface area contributed by atoms with Gasteiger partial charge in [-0.2, -0.15) is 5.10 Å². The summed E-state index contributed by atoms with van der Waals surface area (Å²) in [6, 6.07) is 5.14. The molecule has 0 aliphatic rings. The summed E-state index contributed by atoms with van der Waals surface area (Å²) in [5.74, 6) is 0.890. The van der Waals surface area contributed by atoms with Crippen molar-refractivity contribution in [2.75, 3.05) is 5.32 Å². The van der Waals surface area contributed by atoms with Gasteiger partial charge >= 0.3 is 0 Å². The monoisotopic (exact) mass is 394 g/mol. The lowest BCUT2D eigenvalue weighted by Crippen LogP contribution is -2.15. The van der Waals surface area contributed by atoms with Crippen molar-refractivity contribution in [2.24, 2.45) is 0 Å². The highest BCUT2D eigenvalue weighted by Gasteiger charge is 2.21. The van der Waals surface area contributed by atoms with Crippen LogP contribution in [-0.4, -0.2) is 20.7 Å². The van der Waals surface area contributed by atoms with Gasteiger partial charge < -0.3 is 9.73 Å². The van der Waals surface area contributed by atoms with Crippen LogP contribution in [0.4, 0.5) is 5.69 Å². The van der Waals surface area contributed by atoms with Crippen LogP contribution < -0.4 is 5.32 Å². The van der Waals surface area contributed by atoms with Gasteiger partial charge in [0.2, 0.25) is 0 Å². The van der Waals surface area contributed by atoms with Crippen LogP contribution in [0, 0.1) is 13.8 Å². The van der Waals surface area contributed by atoms with Crippen LogP contribution in [0.5, 0.6) is 0 Å². The number of hydrogen-bond acceptors (Lipinski definition) is 4. The first-order valence-electron chi connectivity index (χ1n) is 6.68. The summed E-state index contributed by atoms with van der Waals surface area (Å²) in [6.07, 6.45) is 2.96. The van der Waals surface area contributed by atoms with Crippen molar-refractivity contribution in [3.8, 4) is 5.69 Å². The summed E-state index contributed by atoms with van der Waals surface area (Å²) < 4.78 is 7.66. The fourth-order valence-electron chi connectivity index (χ4n) is 2.24. The van der Waals surface area contributed by atoms with Gasteiger partial charge in [-0.3, -0.25) is 4.79 Å². The van der Waals surface area contributed by atoms with E-state index in [1.807, 2.05) is 0 Å². The Balaban J connectivity index is 2.00. The van der Waals surface area contributed by atoms with Crippen LogP contribution in [-0.2, 0) is 0 Å². The second-order valence-electron chi connectivity index (χ2n) is 4.86. The summed E-state index contributed by atoms with van der Waals surface area (Å²) in [5, 5.41) is 7.43. The number of hydrogen-bond donors (Lipinski definition) is 1. The molecule has 8 heteroatoms. The quantitative estimate of drug-likeness (QED) is 0.723. The smallest absolute Gasteiger partial charge is 0.260 e. The predicted octanol–water partition coefficient (Wildman–Crippen LogP) is 4.15. The Bertz CT molecular complexity index is 874. The number of carbonyl (C=O) groups is 1. The minimum Gasteiger partial charge on any atom is -0.465 e. The molecule has 0 unspecified atom stereocenters. The number of rotatable bonds is 3. The van der Waals surface area contributed by atoms with E-state index in [4.69, 9.17) is 16.0 Å². The van der Waals surface area contributed by atoms with Gasteiger partial charge in [-0.05, 0) is 48.0 Å². The van der Waals surface area contributed by atoms with E-state index in [9.17, 15) is 4.79 Å². The molecule has 0 bridgehead atoms. The number of benzene rings is 1. The standard InChI is InChI=1S/C15H12BrClN4O2/c1-8-13(14(16)9(2)23-8)15(22)20-11-5-10(17)3-4-12(11)21-7-18-6-19-21/h3-7H,1-2H3,(H,20,22). The average molecular weight is 396 g/mol. The highest BCUT2D eigenvalue weighted by Crippen LogP contribution is 2.30. The maximum absolute atomic E-state index is 12.6. The molecule has 1 aromatic carbocycles. The van der Waals surface area contributed by atoms with E-state index in [0.29, 0.717) is 38.0 Å². The Labute approximate surface area is 145 Å². The minimum absolute atomic E-state index is 0.296. The molecule has 1 amide bonds. The lowest BCUT2D eigenvalue weighted by molar-refractivity contribution is 0.102. The zero-order valence-corrected chi connectivity index (χ0v) is 14.6. The third-order valence-corrected chi connectivity index (χ3v) is 4.48. The Morgan fingerprint density at radius 2 is 2.13 bits per heavy atom. The normalized spacial score (nSPS) is 10.8. The van der Waals surface area contributed by atoms with Crippen LogP contribution >= 0.6 is 27.5 Å². The number of furan rings is 1. The van der Waals surface area contributed by atoms with Crippen molar-refractivity contribution in [2.45, 2.75) is 13.8 Å². The number of nitrogens with zero attached hydrogens (tertiary/aromatic N) is 3. The summed E-state index contributed by atoms with van der Waals surface area (Å²) in [4.78, 5) is 16.5. The Hall–Kier alpha value is -2.12. The number of carbonyl (C=O) groups excluding carboxylic acids is 1. The highest BCUT2D eigenvalue weighted by molar-refractivity contribution is 9.10. The second-order valence-corrected chi connectivity index (χ2v) is 6.09. The van der Waals surface area contributed by atoms with Gasteiger partial charge in [-0.15, -0.1) is 0 Å². The van der Waals surface area contributed by atoms with E-state index < -0.39 is 0 Å². The molecule has 118 valence electrons. The number of aryl methyl sites for hydroxylation is 2. The van der Waals surface area contributed by atoms with Crippen molar-refractivity contribution in [3.05, 3.63) is 57.4 Å². The van der Waals surface area contributed by atoms with Gasteiger partial charge in [0, 0.05) is 5.02 Å². The molecule has 0 aliphatic heterocycles. The summed E-state index contributed by atoms with van der Waals surface area (Å²) in [7, 11) is 0. The summed E-state index contributed by atoms with van der Waals surface area (Å²) in [5.41, 5.74) is 1.64. The van der Waals surface area contributed by atoms with Gasteiger partial charge in [0.15, 0.2) is 0 Å².